The number of aryl methyl sites for hydroxylation is 2. The summed E-state index contributed by atoms with van der Waals surface area (Å²) in [4.78, 5) is 1.46. The predicted octanol–water partition coefficient (Wildman–Crippen LogP) is 2.79. The Morgan fingerprint density at radius 2 is 2.00 bits per heavy atom. The molecule has 0 saturated heterocycles. The minimum absolute atomic E-state index is 1.09. The third kappa shape index (κ3) is 1.77. The molecular weight excluding hydrogens is 166 g/mol. The molecule has 0 saturated carbocycles. The fourth-order valence-corrected chi connectivity index (χ4v) is 1.91. The highest BCUT2D eigenvalue weighted by atomic mass is 32.1. The van der Waals surface area contributed by atoms with Crippen LogP contribution >= 0.6 is 11.3 Å². The molecule has 2 heteroatoms. The topological polar surface area (TPSA) is 4.93 Å². The van der Waals surface area contributed by atoms with E-state index >= 15 is 0 Å². The molecule has 0 aliphatic carbocycles. The summed E-state index contributed by atoms with van der Waals surface area (Å²) < 4.78 is 2.21. The van der Waals surface area contributed by atoms with Gasteiger partial charge in [0.15, 0.2) is 0 Å². The number of nitrogens with zero attached hydrogens (tertiary/aromatic N) is 1. The molecule has 1 nitrogen and oxygen atoms in total. The van der Waals surface area contributed by atoms with E-state index in [1.54, 1.807) is 0 Å². The number of hydrogen-bond donors (Lipinski definition) is 0. The van der Waals surface area contributed by atoms with E-state index in [0.29, 0.717) is 0 Å². The summed E-state index contributed by atoms with van der Waals surface area (Å²) in [5.74, 6) is 0. The lowest BCUT2D eigenvalue weighted by Crippen LogP contribution is -1.95. The van der Waals surface area contributed by atoms with Crippen molar-refractivity contribution in [2.75, 3.05) is 0 Å². The van der Waals surface area contributed by atoms with E-state index in [4.69, 9.17) is 0 Å². The van der Waals surface area contributed by atoms with Crippen molar-refractivity contribution in [2.45, 2.75) is 13.0 Å². The number of thiophene rings is 1. The van der Waals surface area contributed by atoms with Crippen molar-refractivity contribution in [3.63, 3.8) is 0 Å². The maximum absolute atomic E-state index is 2.21. The molecule has 2 aromatic rings. The average Bonchev–Trinajstić information content (AvgIpc) is 2.74. The minimum Gasteiger partial charge on any atom is -0.354 e. The highest BCUT2D eigenvalue weighted by Gasteiger charge is 1.93. The molecule has 0 aromatic carbocycles. The maximum Gasteiger partial charge on any atom is 0.0267 e. The van der Waals surface area contributed by atoms with Gasteiger partial charge in [-0.25, -0.2) is 0 Å². The molecule has 0 spiro atoms. The van der Waals surface area contributed by atoms with Gasteiger partial charge in [0.05, 0.1) is 0 Å². The summed E-state index contributed by atoms with van der Waals surface area (Å²) in [6, 6.07) is 8.42. The van der Waals surface area contributed by atoms with Crippen molar-refractivity contribution in [1.29, 1.82) is 0 Å². The van der Waals surface area contributed by atoms with E-state index in [1.807, 2.05) is 11.3 Å². The first-order chi connectivity index (χ1) is 5.95. The summed E-state index contributed by atoms with van der Waals surface area (Å²) >= 11 is 1.83. The van der Waals surface area contributed by atoms with Gasteiger partial charge in [-0.3, -0.25) is 0 Å². The van der Waals surface area contributed by atoms with Crippen molar-refractivity contribution < 1.29 is 0 Å². The summed E-state index contributed by atoms with van der Waals surface area (Å²) in [6.07, 6.45) is 5.35. The monoisotopic (exact) mass is 177 g/mol. The average molecular weight is 177 g/mol. The van der Waals surface area contributed by atoms with Crippen molar-refractivity contribution >= 4 is 11.3 Å². The lowest BCUT2D eigenvalue weighted by Gasteiger charge is -1.99. The molecule has 62 valence electrons. The molecule has 0 unspecified atom stereocenters. The molecule has 0 aliphatic rings. The Kier molecular flexibility index (Phi) is 2.28. The molecule has 0 atom stereocenters. The Morgan fingerprint density at radius 3 is 2.67 bits per heavy atom. The van der Waals surface area contributed by atoms with E-state index < -0.39 is 0 Å². The molecule has 0 aliphatic heterocycles. The van der Waals surface area contributed by atoms with Gasteiger partial charge in [0.2, 0.25) is 0 Å². The smallest absolute Gasteiger partial charge is 0.0267 e. The lowest BCUT2D eigenvalue weighted by atomic mass is 10.3. The normalized spacial score (nSPS) is 10.3. The van der Waals surface area contributed by atoms with Crippen molar-refractivity contribution in [1.82, 2.24) is 4.57 Å². The molecule has 2 heterocycles. The van der Waals surface area contributed by atoms with Gasteiger partial charge in [-0.1, -0.05) is 6.07 Å². The van der Waals surface area contributed by atoms with E-state index in [-0.39, 0.29) is 0 Å². The van der Waals surface area contributed by atoms with E-state index in [0.717, 1.165) is 13.0 Å². The second-order valence-electron chi connectivity index (χ2n) is 2.75. The molecule has 12 heavy (non-hydrogen) atoms. The third-order valence-corrected chi connectivity index (χ3v) is 2.80. The Labute approximate surface area is 76.3 Å². The number of aromatic nitrogens is 1. The fraction of sp³-hybridized carbons (Fsp3) is 0.200. The first kappa shape index (κ1) is 7.62. The first-order valence-corrected chi connectivity index (χ1v) is 4.96. The largest absolute Gasteiger partial charge is 0.354 e. The highest BCUT2D eigenvalue weighted by molar-refractivity contribution is 7.09. The van der Waals surface area contributed by atoms with Crippen molar-refractivity contribution in [2.24, 2.45) is 0 Å². The summed E-state index contributed by atoms with van der Waals surface area (Å²) in [6.45, 7) is 1.09. The van der Waals surface area contributed by atoms with Crippen LogP contribution in [-0.4, -0.2) is 4.57 Å². The summed E-state index contributed by atoms with van der Waals surface area (Å²) in [5.41, 5.74) is 0. The van der Waals surface area contributed by atoms with Crippen molar-refractivity contribution in [3.05, 3.63) is 46.9 Å². The molecular formula is C10H11NS. The summed E-state index contributed by atoms with van der Waals surface area (Å²) in [5, 5.41) is 2.13. The first-order valence-electron chi connectivity index (χ1n) is 4.08. The van der Waals surface area contributed by atoms with Crippen LogP contribution in [-0.2, 0) is 13.0 Å². The van der Waals surface area contributed by atoms with Crippen LogP contribution < -0.4 is 0 Å². The molecule has 0 amide bonds. The van der Waals surface area contributed by atoms with Gasteiger partial charge in [0.1, 0.15) is 0 Å². The molecule has 0 fully saturated rings. The van der Waals surface area contributed by atoms with E-state index in [9.17, 15) is 0 Å². The van der Waals surface area contributed by atoms with Crippen LogP contribution in [0.15, 0.2) is 42.0 Å². The van der Waals surface area contributed by atoms with Gasteiger partial charge in [-0.2, -0.15) is 0 Å². The van der Waals surface area contributed by atoms with Crippen LogP contribution in [0, 0.1) is 0 Å². The molecule has 2 rings (SSSR count). The molecule has 0 bridgehead atoms. The van der Waals surface area contributed by atoms with Gasteiger partial charge in [-0.15, -0.1) is 11.3 Å². The zero-order valence-electron chi connectivity index (χ0n) is 6.81. The minimum atomic E-state index is 1.09. The van der Waals surface area contributed by atoms with Gasteiger partial charge in [0, 0.05) is 23.8 Å². The van der Waals surface area contributed by atoms with Crippen LogP contribution in [0.5, 0.6) is 0 Å². The van der Waals surface area contributed by atoms with Crippen LogP contribution in [0.4, 0.5) is 0 Å². The van der Waals surface area contributed by atoms with Crippen LogP contribution in [0.25, 0.3) is 0 Å². The maximum atomic E-state index is 2.21. The zero-order valence-corrected chi connectivity index (χ0v) is 7.63. The van der Waals surface area contributed by atoms with Crippen LogP contribution in [0.3, 0.4) is 0 Å². The highest BCUT2D eigenvalue weighted by Crippen LogP contribution is 2.09. The predicted molar refractivity (Wildman–Crippen MR) is 52.5 cm³/mol. The standard InChI is InChI=1S/C10H11NS/c1-2-7-11(6-1)8-5-10-4-3-9-12-10/h1-4,6-7,9H,5,8H2. The second-order valence-corrected chi connectivity index (χ2v) is 3.78. The zero-order chi connectivity index (χ0) is 8.23. The SMILES string of the molecule is c1csc(CCn2cccc2)c1. The summed E-state index contributed by atoms with van der Waals surface area (Å²) in [7, 11) is 0. The quantitative estimate of drug-likeness (QED) is 0.679. The van der Waals surface area contributed by atoms with Gasteiger partial charge in [-0.05, 0) is 30.0 Å². The Morgan fingerprint density at radius 1 is 1.17 bits per heavy atom. The van der Waals surface area contributed by atoms with Gasteiger partial charge in [0.25, 0.3) is 0 Å². The number of hydrogen-bond acceptors (Lipinski definition) is 1. The Bertz CT molecular complexity index is 273. The van der Waals surface area contributed by atoms with Gasteiger partial charge < -0.3 is 4.57 Å². The number of rotatable bonds is 3. The van der Waals surface area contributed by atoms with Crippen LogP contribution in [0.2, 0.25) is 0 Å². The fourth-order valence-electron chi connectivity index (χ4n) is 1.21. The molecule has 0 radical (unpaired) electrons. The van der Waals surface area contributed by atoms with Gasteiger partial charge >= 0.3 is 0 Å². The second kappa shape index (κ2) is 3.59. The van der Waals surface area contributed by atoms with Crippen molar-refractivity contribution in [3.8, 4) is 0 Å². The third-order valence-electron chi connectivity index (χ3n) is 1.86. The Hall–Kier alpha value is -1.02. The molecule has 0 N–H and O–H groups in total. The van der Waals surface area contributed by atoms with Crippen LogP contribution in [0.1, 0.15) is 4.88 Å². The Balaban J connectivity index is 1.91. The lowest BCUT2D eigenvalue weighted by molar-refractivity contribution is 0.707. The molecule has 2 aromatic heterocycles. The van der Waals surface area contributed by atoms with E-state index in [2.05, 4.69) is 46.6 Å². The van der Waals surface area contributed by atoms with E-state index in [1.165, 1.54) is 4.88 Å².